The number of hydrogen-bond acceptors (Lipinski definition) is 4. The molecule has 8 heteroatoms. The number of carbonyl (C=O) groups excluding carboxylic acids is 1. The first-order valence-corrected chi connectivity index (χ1v) is 8.26. The number of alkyl halides is 3. The molecule has 1 amide bonds. The largest absolute Gasteiger partial charge is 0.459 e. The van der Waals surface area contributed by atoms with Crippen LogP contribution in [0.25, 0.3) is 0 Å². The number of nitrogens with zero attached hydrogens (tertiary/aromatic N) is 1. The predicted molar refractivity (Wildman–Crippen MR) is 87.6 cm³/mol. The van der Waals surface area contributed by atoms with E-state index in [9.17, 15) is 18.0 Å². The van der Waals surface area contributed by atoms with Crippen LogP contribution in [0, 0.1) is 0 Å². The lowest BCUT2D eigenvalue weighted by Crippen LogP contribution is -2.43. The van der Waals surface area contributed by atoms with Crippen molar-refractivity contribution in [3.05, 3.63) is 59.5 Å². The molecule has 0 aliphatic carbocycles. The lowest BCUT2D eigenvalue weighted by molar-refractivity contribution is -0.137. The maximum atomic E-state index is 12.8. The Hall–Kier alpha value is -2.32. The topological polar surface area (TPSA) is 54.7 Å². The zero-order valence-corrected chi connectivity index (χ0v) is 14.0. The lowest BCUT2D eigenvalue weighted by atomic mass is 10.0. The molecule has 1 aliphatic heterocycles. The number of ether oxygens (including phenoxy) is 1. The van der Waals surface area contributed by atoms with Crippen LogP contribution in [-0.4, -0.2) is 43.7 Å². The molecule has 1 N–H and O–H groups in total. The summed E-state index contributed by atoms with van der Waals surface area (Å²) in [6, 6.07) is 7.97. The van der Waals surface area contributed by atoms with Gasteiger partial charge in [-0.25, -0.2) is 0 Å². The van der Waals surface area contributed by atoms with Crippen molar-refractivity contribution in [1.82, 2.24) is 10.2 Å². The van der Waals surface area contributed by atoms with Gasteiger partial charge in [-0.15, -0.1) is 0 Å². The van der Waals surface area contributed by atoms with E-state index in [1.54, 1.807) is 12.1 Å². The van der Waals surface area contributed by atoms with Crippen LogP contribution in [0.3, 0.4) is 0 Å². The van der Waals surface area contributed by atoms with Gasteiger partial charge in [-0.05, 0) is 29.8 Å². The average Bonchev–Trinajstić information content (AvgIpc) is 3.17. The normalized spacial score (nSPS) is 17.0. The van der Waals surface area contributed by atoms with Crippen molar-refractivity contribution in [2.45, 2.75) is 12.2 Å². The summed E-state index contributed by atoms with van der Waals surface area (Å²) in [5, 5.41) is 2.79. The lowest BCUT2D eigenvalue weighted by Gasteiger charge is -2.35. The first kappa shape index (κ1) is 18.5. The van der Waals surface area contributed by atoms with Crippen LogP contribution in [-0.2, 0) is 10.9 Å². The van der Waals surface area contributed by atoms with Gasteiger partial charge in [0.2, 0.25) is 0 Å². The van der Waals surface area contributed by atoms with E-state index in [0.29, 0.717) is 31.9 Å². The molecule has 0 saturated carbocycles. The smallest absolute Gasteiger partial charge is 0.416 e. The SMILES string of the molecule is O=C(NC[C@@H](c1ccc(C(F)(F)F)cc1)N1CCOCC1)c1ccco1. The van der Waals surface area contributed by atoms with Crippen LogP contribution in [0.15, 0.2) is 47.1 Å². The second-order valence-corrected chi connectivity index (χ2v) is 5.97. The number of rotatable bonds is 5. The Morgan fingerprint density at radius 2 is 1.85 bits per heavy atom. The Bertz CT molecular complexity index is 708. The van der Waals surface area contributed by atoms with Crippen LogP contribution in [0.2, 0.25) is 0 Å². The zero-order valence-electron chi connectivity index (χ0n) is 14.0. The van der Waals surface area contributed by atoms with Gasteiger partial charge in [0.15, 0.2) is 5.76 Å². The first-order valence-electron chi connectivity index (χ1n) is 8.26. The van der Waals surface area contributed by atoms with E-state index in [-0.39, 0.29) is 24.3 Å². The number of carbonyl (C=O) groups is 1. The van der Waals surface area contributed by atoms with Crippen molar-refractivity contribution in [3.63, 3.8) is 0 Å². The van der Waals surface area contributed by atoms with E-state index >= 15 is 0 Å². The Labute approximate surface area is 148 Å². The minimum absolute atomic E-state index is 0.193. The molecular weight excluding hydrogens is 349 g/mol. The molecule has 1 aliphatic rings. The fourth-order valence-electron chi connectivity index (χ4n) is 2.93. The van der Waals surface area contributed by atoms with Crippen LogP contribution < -0.4 is 5.32 Å². The minimum atomic E-state index is -4.37. The third kappa shape index (κ3) is 4.44. The van der Waals surface area contributed by atoms with Gasteiger partial charge in [-0.1, -0.05) is 12.1 Å². The molecule has 3 rings (SSSR count). The summed E-state index contributed by atoms with van der Waals surface area (Å²) in [7, 11) is 0. The van der Waals surface area contributed by atoms with E-state index < -0.39 is 11.7 Å². The Kier molecular flexibility index (Phi) is 5.63. The number of morpholine rings is 1. The molecule has 1 aromatic heterocycles. The number of hydrogen-bond donors (Lipinski definition) is 1. The van der Waals surface area contributed by atoms with Crippen LogP contribution in [0.5, 0.6) is 0 Å². The van der Waals surface area contributed by atoms with Crippen molar-refractivity contribution < 1.29 is 27.1 Å². The van der Waals surface area contributed by atoms with Crippen molar-refractivity contribution >= 4 is 5.91 Å². The first-order chi connectivity index (χ1) is 12.4. The van der Waals surface area contributed by atoms with Crippen molar-refractivity contribution in [3.8, 4) is 0 Å². The summed E-state index contributed by atoms with van der Waals surface area (Å²) >= 11 is 0. The molecule has 1 aromatic carbocycles. The molecule has 26 heavy (non-hydrogen) atoms. The third-order valence-corrected chi connectivity index (χ3v) is 4.31. The number of nitrogens with one attached hydrogen (secondary N) is 1. The molecular formula is C18H19F3N2O3. The number of halogens is 3. The second kappa shape index (κ2) is 7.92. The van der Waals surface area contributed by atoms with Crippen LogP contribution in [0.1, 0.15) is 27.7 Å². The monoisotopic (exact) mass is 368 g/mol. The number of benzene rings is 1. The quantitative estimate of drug-likeness (QED) is 0.881. The maximum absolute atomic E-state index is 12.8. The van der Waals surface area contributed by atoms with E-state index in [1.165, 1.54) is 18.4 Å². The van der Waals surface area contributed by atoms with Crippen molar-refractivity contribution in [1.29, 1.82) is 0 Å². The third-order valence-electron chi connectivity index (χ3n) is 4.31. The number of amides is 1. The number of furan rings is 1. The highest BCUT2D eigenvalue weighted by molar-refractivity contribution is 5.91. The van der Waals surface area contributed by atoms with Gasteiger partial charge in [0.25, 0.3) is 5.91 Å². The predicted octanol–water partition coefficient (Wildman–Crippen LogP) is 3.10. The van der Waals surface area contributed by atoms with Crippen LogP contribution in [0.4, 0.5) is 13.2 Å². The van der Waals surface area contributed by atoms with Crippen molar-refractivity contribution in [2.24, 2.45) is 0 Å². The van der Waals surface area contributed by atoms with Gasteiger partial charge >= 0.3 is 6.18 Å². The maximum Gasteiger partial charge on any atom is 0.416 e. The fraction of sp³-hybridized carbons (Fsp3) is 0.389. The zero-order chi connectivity index (χ0) is 18.6. The van der Waals surface area contributed by atoms with Gasteiger partial charge in [0.1, 0.15) is 0 Å². The summed E-state index contributed by atoms with van der Waals surface area (Å²) in [5.74, 6) is -0.168. The van der Waals surface area contributed by atoms with E-state index in [2.05, 4.69) is 10.2 Å². The molecule has 1 atom stereocenters. The molecule has 2 aromatic rings. The minimum Gasteiger partial charge on any atom is -0.459 e. The summed E-state index contributed by atoms with van der Waals surface area (Å²) < 4.78 is 48.8. The molecule has 0 radical (unpaired) electrons. The molecule has 1 saturated heterocycles. The summed E-state index contributed by atoms with van der Waals surface area (Å²) in [5.41, 5.74) is 0.0150. The highest BCUT2D eigenvalue weighted by Gasteiger charge is 2.31. The molecule has 5 nitrogen and oxygen atoms in total. The Balaban J connectivity index is 1.75. The summed E-state index contributed by atoms with van der Waals surface area (Å²) in [4.78, 5) is 14.2. The Morgan fingerprint density at radius 1 is 1.15 bits per heavy atom. The highest BCUT2D eigenvalue weighted by atomic mass is 19.4. The van der Waals surface area contributed by atoms with Crippen molar-refractivity contribution in [2.75, 3.05) is 32.8 Å². The van der Waals surface area contributed by atoms with Crippen LogP contribution >= 0.6 is 0 Å². The molecule has 140 valence electrons. The summed E-state index contributed by atoms with van der Waals surface area (Å²) in [6.45, 7) is 2.63. The molecule has 0 spiro atoms. The van der Waals surface area contributed by atoms with E-state index in [4.69, 9.17) is 9.15 Å². The van der Waals surface area contributed by atoms with E-state index in [0.717, 1.165) is 12.1 Å². The molecule has 0 bridgehead atoms. The standard InChI is InChI=1S/C18H19F3N2O3/c19-18(20,21)14-5-3-13(4-6-14)15(23-7-10-25-11-8-23)12-22-17(24)16-2-1-9-26-16/h1-6,9,15H,7-8,10-12H2,(H,22,24)/t15-/m0/s1. The van der Waals surface area contributed by atoms with Gasteiger partial charge in [0.05, 0.1) is 31.1 Å². The van der Waals surface area contributed by atoms with Gasteiger partial charge in [0, 0.05) is 19.6 Å². The molecule has 0 unspecified atom stereocenters. The van der Waals surface area contributed by atoms with Gasteiger partial charge < -0.3 is 14.5 Å². The Morgan fingerprint density at radius 3 is 2.42 bits per heavy atom. The summed E-state index contributed by atoms with van der Waals surface area (Å²) in [6.07, 6.45) is -2.97. The average molecular weight is 368 g/mol. The molecule has 2 heterocycles. The fourth-order valence-corrected chi connectivity index (χ4v) is 2.93. The second-order valence-electron chi connectivity index (χ2n) is 5.97. The highest BCUT2D eigenvalue weighted by Crippen LogP contribution is 2.31. The van der Waals surface area contributed by atoms with Gasteiger partial charge in [-0.2, -0.15) is 13.2 Å². The van der Waals surface area contributed by atoms with E-state index in [1.807, 2.05) is 0 Å². The van der Waals surface area contributed by atoms with Gasteiger partial charge in [-0.3, -0.25) is 9.69 Å². The molecule has 1 fully saturated rings.